The minimum absolute atomic E-state index is 0.623. The molecule has 0 spiro atoms. The molecule has 0 saturated carbocycles. The average molecular weight is 228 g/mol. The Balaban J connectivity index is 2.00. The van der Waals surface area contributed by atoms with E-state index < -0.39 is 0 Å². The Bertz CT molecular complexity index is 330. The smallest absolute Gasteiger partial charge is 0.163 e. The summed E-state index contributed by atoms with van der Waals surface area (Å²) in [5.74, 6) is 2.32. The topological polar surface area (TPSA) is 30.5 Å². The lowest BCUT2D eigenvalue weighted by Gasteiger charge is -2.19. The van der Waals surface area contributed by atoms with Gasteiger partial charge in [0, 0.05) is 24.2 Å². The van der Waals surface area contributed by atoms with E-state index in [0.717, 1.165) is 30.2 Å². The number of nitrogens with one attached hydrogen (secondary N) is 1. The van der Waals surface area contributed by atoms with Crippen LogP contribution in [0.3, 0.4) is 0 Å². The van der Waals surface area contributed by atoms with Crippen LogP contribution >= 0.6 is 11.6 Å². The molecule has 2 rings (SSSR count). The second-order valence-electron chi connectivity index (χ2n) is 3.33. The number of ether oxygens (including phenoxy) is 2. The van der Waals surface area contributed by atoms with E-state index in [1.807, 2.05) is 18.2 Å². The third kappa shape index (κ3) is 2.69. The van der Waals surface area contributed by atoms with Gasteiger partial charge in [0.05, 0.1) is 0 Å². The SMILES string of the molecule is ClCCCNc1ccc2c(c1)OCCO2. The van der Waals surface area contributed by atoms with Crippen LogP contribution in [0.1, 0.15) is 6.42 Å². The molecule has 0 unspecified atom stereocenters. The highest BCUT2D eigenvalue weighted by molar-refractivity contribution is 6.17. The molecule has 1 aliphatic heterocycles. The molecule has 1 aliphatic rings. The molecule has 15 heavy (non-hydrogen) atoms. The van der Waals surface area contributed by atoms with Crippen molar-refractivity contribution in [2.75, 3.05) is 31.0 Å². The van der Waals surface area contributed by atoms with Crippen LogP contribution in [-0.4, -0.2) is 25.6 Å². The first-order valence-electron chi connectivity index (χ1n) is 5.09. The summed E-state index contributed by atoms with van der Waals surface area (Å²) < 4.78 is 10.9. The van der Waals surface area contributed by atoms with Crippen LogP contribution in [0.15, 0.2) is 18.2 Å². The minimum Gasteiger partial charge on any atom is -0.486 e. The van der Waals surface area contributed by atoms with Gasteiger partial charge < -0.3 is 14.8 Å². The highest BCUT2D eigenvalue weighted by atomic mass is 35.5. The van der Waals surface area contributed by atoms with E-state index in [4.69, 9.17) is 21.1 Å². The Morgan fingerprint density at radius 1 is 1.20 bits per heavy atom. The Kier molecular flexibility index (Phi) is 3.56. The number of hydrogen-bond donors (Lipinski definition) is 1. The van der Waals surface area contributed by atoms with Crippen molar-refractivity contribution in [1.29, 1.82) is 0 Å². The van der Waals surface area contributed by atoms with Crippen LogP contribution in [0.5, 0.6) is 11.5 Å². The summed E-state index contributed by atoms with van der Waals surface area (Å²) in [4.78, 5) is 0. The summed E-state index contributed by atoms with van der Waals surface area (Å²) in [6.45, 7) is 2.13. The predicted octanol–water partition coefficient (Wildman–Crippen LogP) is 2.50. The van der Waals surface area contributed by atoms with Crippen molar-refractivity contribution in [3.05, 3.63) is 18.2 Å². The maximum atomic E-state index is 5.60. The zero-order chi connectivity index (χ0) is 10.5. The van der Waals surface area contributed by atoms with Gasteiger partial charge in [-0.05, 0) is 18.6 Å². The van der Waals surface area contributed by atoms with Gasteiger partial charge in [0.1, 0.15) is 13.2 Å². The van der Waals surface area contributed by atoms with Gasteiger partial charge in [0.25, 0.3) is 0 Å². The van der Waals surface area contributed by atoms with E-state index >= 15 is 0 Å². The predicted molar refractivity (Wildman–Crippen MR) is 61.3 cm³/mol. The van der Waals surface area contributed by atoms with Gasteiger partial charge in [-0.1, -0.05) is 0 Å². The van der Waals surface area contributed by atoms with Crippen LogP contribution in [0, 0.1) is 0 Å². The lowest BCUT2D eigenvalue weighted by atomic mass is 10.2. The van der Waals surface area contributed by atoms with Crippen molar-refractivity contribution in [3.8, 4) is 11.5 Å². The van der Waals surface area contributed by atoms with Crippen molar-refractivity contribution in [2.45, 2.75) is 6.42 Å². The van der Waals surface area contributed by atoms with Gasteiger partial charge in [-0.25, -0.2) is 0 Å². The molecular weight excluding hydrogens is 214 g/mol. The molecule has 0 fully saturated rings. The highest BCUT2D eigenvalue weighted by Gasteiger charge is 2.11. The fourth-order valence-electron chi connectivity index (χ4n) is 1.45. The zero-order valence-electron chi connectivity index (χ0n) is 8.46. The minimum atomic E-state index is 0.623. The molecule has 3 nitrogen and oxygen atoms in total. The van der Waals surface area contributed by atoms with Gasteiger partial charge in [-0.15, -0.1) is 11.6 Å². The van der Waals surface area contributed by atoms with E-state index in [9.17, 15) is 0 Å². The van der Waals surface area contributed by atoms with Crippen LogP contribution in [-0.2, 0) is 0 Å². The Labute approximate surface area is 94.3 Å². The lowest BCUT2D eigenvalue weighted by Crippen LogP contribution is -2.15. The molecule has 82 valence electrons. The fraction of sp³-hybridized carbons (Fsp3) is 0.455. The second kappa shape index (κ2) is 5.12. The van der Waals surface area contributed by atoms with E-state index in [-0.39, 0.29) is 0 Å². The molecule has 0 radical (unpaired) electrons. The molecule has 0 aromatic heterocycles. The summed E-state index contributed by atoms with van der Waals surface area (Å²) in [6, 6.07) is 5.88. The number of rotatable bonds is 4. The van der Waals surface area contributed by atoms with Crippen LogP contribution in [0.4, 0.5) is 5.69 Å². The number of fused-ring (bicyclic) bond motifs is 1. The summed E-state index contributed by atoms with van der Waals surface area (Å²) in [6.07, 6.45) is 0.954. The van der Waals surface area contributed by atoms with Crippen molar-refractivity contribution < 1.29 is 9.47 Å². The maximum Gasteiger partial charge on any atom is 0.163 e. The first-order valence-corrected chi connectivity index (χ1v) is 5.63. The van der Waals surface area contributed by atoms with Crippen molar-refractivity contribution in [1.82, 2.24) is 0 Å². The largest absolute Gasteiger partial charge is 0.486 e. The van der Waals surface area contributed by atoms with Gasteiger partial charge in [-0.2, -0.15) is 0 Å². The molecule has 1 aromatic rings. The number of hydrogen-bond acceptors (Lipinski definition) is 3. The van der Waals surface area contributed by atoms with Gasteiger partial charge >= 0.3 is 0 Å². The van der Waals surface area contributed by atoms with E-state index in [0.29, 0.717) is 19.1 Å². The summed E-state index contributed by atoms with van der Waals surface area (Å²) >= 11 is 5.60. The van der Waals surface area contributed by atoms with Crippen molar-refractivity contribution in [3.63, 3.8) is 0 Å². The molecule has 0 atom stereocenters. The summed E-state index contributed by atoms with van der Waals surface area (Å²) in [5.41, 5.74) is 1.05. The Hall–Kier alpha value is -1.09. The van der Waals surface area contributed by atoms with E-state index in [2.05, 4.69) is 5.32 Å². The zero-order valence-corrected chi connectivity index (χ0v) is 9.22. The quantitative estimate of drug-likeness (QED) is 0.633. The molecule has 0 bridgehead atoms. The molecule has 0 amide bonds. The maximum absolute atomic E-state index is 5.60. The normalized spacial score (nSPS) is 13.7. The second-order valence-corrected chi connectivity index (χ2v) is 3.71. The van der Waals surface area contributed by atoms with Crippen LogP contribution in [0.25, 0.3) is 0 Å². The number of halogens is 1. The number of alkyl halides is 1. The van der Waals surface area contributed by atoms with Gasteiger partial charge in [-0.3, -0.25) is 0 Å². The fourth-order valence-corrected chi connectivity index (χ4v) is 1.59. The van der Waals surface area contributed by atoms with Gasteiger partial charge in [0.2, 0.25) is 0 Å². The summed E-state index contributed by atoms with van der Waals surface area (Å²) in [7, 11) is 0. The molecule has 4 heteroatoms. The molecule has 0 saturated heterocycles. The number of anilines is 1. The molecule has 1 heterocycles. The van der Waals surface area contributed by atoms with E-state index in [1.54, 1.807) is 0 Å². The highest BCUT2D eigenvalue weighted by Crippen LogP contribution is 2.32. The summed E-state index contributed by atoms with van der Waals surface area (Å²) in [5, 5.41) is 3.28. The molecule has 1 N–H and O–H groups in total. The Morgan fingerprint density at radius 2 is 2.00 bits per heavy atom. The number of benzene rings is 1. The van der Waals surface area contributed by atoms with Crippen LogP contribution < -0.4 is 14.8 Å². The van der Waals surface area contributed by atoms with E-state index in [1.165, 1.54) is 0 Å². The molecular formula is C11H14ClNO2. The third-order valence-corrected chi connectivity index (χ3v) is 2.45. The van der Waals surface area contributed by atoms with Crippen LogP contribution in [0.2, 0.25) is 0 Å². The van der Waals surface area contributed by atoms with Crippen molar-refractivity contribution in [2.24, 2.45) is 0 Å². The van der Waals surface area contributed by atoms with Crippen molar-refractivity contribution >= 4 is 17.3 Å². The lowest BCUT2D eigenvalue weighted by molar-refractivity contribution is 0.171. The molecule has 1 aromatic carbocycles. The molecule has 0 aliphatic carbocycles. The average Bonchev–Trinajstić information content (AvgIpc) is 2.29. The van der Waals surface area contributed by atoms with Gasteiger partial charge in [0.15, 0.2) is 11.5 Å². The first-order chi connectivity index (χ1) is 7.40. The Morgan fingerprint density at radius 3 is 2.80 bits per heavy atom. The first kappa shape index (κ1) is 10.4. The standard InChI is InChI=1S/C11H14ClNO2/c12-4-1-5-13-9-2-3-10-11(8-9)15-7-6-14-10/h2-3,8,13H,1,4-7H2. The monoisotopic (exact) mass is 227 g/mol. The third-order valence-electron chi connectivity index (χ3n) is 2.18.